The Kier molecular flexibility index (Phi) is 7.36. The van der Waals surface area contributed by atoms with Crippen molar-refractivity contribution in [3.63, 3.8) is 0 Å². The van der Waals surface area contributed by atoms with E-state index in [1.54, 1.807) is 12.1 Å². The van der Waals surface area contributed by atoms with Gasteiger partial charge in [0.05, 0.1) is 17.1 Å². The quantitative estimate of drug-likeness (QED) is 0.287. The Labute approximate surface area is 192 Å². The average Bonchev–Trinajstić information content (AvgIpc) is 3.09. The van der Waals surface area contributed by atoms with E-state index in [2.05, 4.69) is 39.2 Å². The molecule has 1 fully saturated rings. The van der Waals surface area contributed by atoms with Crippen LogP contribution in [-0.2, 0) is 11.0 Å². The number of amides is 1. The molecule has 1 amide bonds. The fourth-order valence-corrected chi connectivity index (χ4v) is 5.04. The van der Waals surface area contributed by atoms with Gasteiger partial charge in [0.1, 0.15) is 5.69 Å². The summed E-state index contributed by atoms with van der Waals surface area (Å²) in [4.78, 5) is 24.8. The summed E-state index contributed by atoms with van der Waals surface area (Å²) in [6.45, 7) is 17.9. The van der Waals surface area contributed by atoms with Crippen LogP contribution in [0.25, 0.3) is 0 Å². The molecule has 1 atom stereocenters. The first-order valence-corrected chi connectivity index (χ1v) is 14.1. The predicted molar refractivity (Wildman–Crippen MR) is 130 cm³/mol. The first-order valence-electron chi connectivity index (χ1n) is 11.2. The predicted octanol–water partition coefficient (Wildman–Crippen LogP) is 6.09. The van der Waals surface area contributed by atoms with Gasteiger partial charge in [0.15, 0.2) is 8.32 Å². The minimum Gasteiger partial charge on any atom is -0.465 e. The summed E-state index contributed by atoms with van der Waals surface area (Å²) in [5.74, 6) is 0. The number of hydrogen-bond donors (Lipinski definition) is 2. The maximum Gasteiger partial charge on any atom is 0.407 e. The van der Waals surface area contributed by atoms with E-state index in [9.17, 15) is 20.0 Å². The topological polar surface area (TPSA) is 105 Å². The zero-order valence-corrected chi connectivity index (χ0v) is 21.7. The molecular formula is C23H39N3O5Si. The Hall–Kier alpha value is -2.13. The number of hydrogen-bond acceptors (Lipinski definition) is 5. The number of likely N-dealkylation sites (tertiary alicyclic amines) is 1. The lowest BCUT2D eigenvalue weighted by molar-refractivity contribution is -0.384. The van der Waals surface area contributed by atoms with Crippen molar-refractivity contribution in [1.82, 2.24) is 4.90 Å². The van der Waals surface area contributed by atoms with E-state index in [4.69, 9.17) is 4.43 Å². The molecule has 1 aliphatic heterocycles. The van der Waals surface area contributed by atoms with Crippen molar-refractivity contribution in [3.05, 3.63) is 33.9 Å². The highest BCUT2D eigenvalue weighted by Gasteiger charge is 2.51. The number of nitro groups is 1. The molecule has 1 aromatic rings. The fourth-order valence-electron chi connectivity index (χ4n) is 4.08. The Morgan fingerprint density at radius 2 is 1.91 bits per heavy atom. The van der Waals surface area contributed by atoms with E-state index in [0.717, 1.165) is 12.0 Å². The molecule has 2 N–H and O–H groups in total. The van der Waals surface area contributed by atoms with E-state index in [0.29, 0.717) is 31.8 Å². The van der Waals surface area contributed by atoms with Crippen LogP contribution in [-0.4, -0.2) is 48.0 Å². The van der Waals surface area contributed by atoms with Crippen LogP contribution < -0.4 is 5.32 Å². The summed E-state index contributed by atoms with van der Waals surface area (Å²) in [5.41, 5.74) is 0.153. The normalized spacial score (nSPS) is 19.8. The third kappa shape index (κ3) is 5.26. The van der Waals surface area contributed by atoms with Gasteiger partial charge in [0.25, 0.3) is 5.69 Å². The van der Waals surface area contributed by atoms with Crippen molar-refractivity contribution in [3.8, 4) is 0 Å². The second-order valence-corrected chi connectivity index (χ2v) is 16.1. The van der Waals surface area contributed by atoms with Crippen molar-refractivity contribution >= 4 is 25.8 Å². The second-order valence-electron chi connectivity index (χ2n) is 11.3. The van der Waals surface area contributed by atoms with Gasteiger partial charge < -0.3 is 19.7 Å². The molecule has 0 saturated carbocycles. The first-order chi connectivity index (χ1) is 14.5. The van der Waals surface area contributed by atoms with Crippen molar-refractivity contribution < 1.29 is 19.3 Å². The number of rotatable bonds is 7. The summed E-state index contributed by atoms with van der Waals surface area (Å²) in [7, 11) is -1.97. The van der Waals surface area contributed by atoms with Gasteiger partial charge in [-0.3, -0.25) is 10.1 Å². The molecule has 1 heterocycles. The molecule has 8 nitrogen and oxygen atoms in total. The van der Waals surface area contributed by atoms with Crippen molar-refractivity contribution in [1.29, 1.82) is 0 Å². The van der Waals surface area contributed by atoms with Gasteiger partial charge in [-0.05, 0) is 48.0 Å². The van der Waals surface area contributed by atoms with Crippen molar-refractivity contribution in [2.75, 3.05) is 18.4 Å². The van der Waals surface area contributed by atoms with Crippen LogP contribution >= 0.6 is 0 Å². The number of benzene rings is 1. The van der Waals surface area contributed by atoms with Gasteiger partial charge >= 0.3 is 6.09 Å². The summed E-state index contributed by atoms with van der Waals surface area (Å²) in [5, 5.41) is 24.8. The number of carbonyl (C=O) groups is 1. The molecule has 0 radical (unpaired) electrons. The molecule has 0 bridgehead atoms. The molecular weight excluding hydrogens is 426 g/mol. The maximum atomic E-state index is 11.9. The smallest absolute Gasteiger partial charge is 0.407 e. The van der Waals surface area contributed by atoms with Gasteiger partial charge in [0.2, 0.25) is 0 Å². The maximum absolute atomic E-state index is 11.9. The monoisotopic (exact) mass is 465 g/mol. The van der Waals surface area contributed by atoms with Gasteiger partial charge in [-0.2, -0.15) is 0 Å². The molecule has 1 aliphatic rings. The molecule has 1 unspecified atom stereocenters. The van der Waals surface area contributed by atoms with Crippen LogP contribution in [0.15, 0.2) is 18.2 Å². The summed E-state index contributed by atoms with van der Waals surface area (Å²) >= 11 is 0. The zero-order valence-electron chi connectivity index (χ0n) is 20.7. The molecule has 32 heavy (non-hydrogen) atoms. The summed E-state index contributed by atoms with van der Waals surface area (Å²) in [6, 6.07) is 5.11. The van der Waals surface area contributed by atoms with E-state index >= 15 is 0 Å². The fraction of sp³-hybridized carbons (Fsp3) is 0.696. The summed E-state index contributed by atoms with van der Waals surface area (Å²) in [6.07, 6.45) is 0.533. The molecule has 2 rings (SSSR count). The lowest BCUT2D eigenvalue weighted by atomic mass is 9.71. The SMILES string of the molecule is CC(C)(C)C1(CNc2ccc(CO[Si](C)(C)C(C)(C)C)cc2[N+](=O)[O-])CCCN1C(=O)O. The third-order valence-electron chi connectivity index (χ3n) is 7.35. The number of carboxylic acid groups (broad SMARTS) is 1. The molecule has 0 aliphatic carbocycles. The highest BCUT2D eigenvalue weighted by Crippen LogP contribution is 2.44. The van der Waals surface area contributed by atoms with Crippen LogP contribution in [0.1, 0.15) is 59.9 Å². The summed E-state index contributed by atoms with van der Waals surface area (Å²) < 4.78 is 6.22. The lowest BCUT2D eigenvalue weighted by Crippen LogP contribution is -2.59. The minimum absolute atomic E-state index is 0.0229. The van der Waals surface area contributed by atoms with Crippen molar-refractivity contribution in [2.24, 2.45) is 5.41 Å². The van der Waals surface area contributed by atoms with Crippen LogP contribution in [0.3, 0.4) is 0 Å². The second kappa shape index (κ2) is 9.01. The van der Waals surface area contributed by atoms with Gasteiger partial charge in [-0.15, -0.1) is 0 Å². The Morgan fingerprint density at radius 3 is 2.41 bits per heavy atom. The molecule has 1 aromatic carbocycles. The van der Waals surface area contributed by atoms with Crippen LogP contribution in [0.5, 0.6) is 0 Å². The Balaban J connectivity index is 2.27. The number of nitro benzene ring substituents is 1. The van der Waals surface area contributed by atoms with Crippen molar-refractivity contribution in [2.45, 2.75) is 84.7 Å². The zero-order chi connectivity index (χ0) is 24.5. The lowest BCUT2D eigenvalue weighted by Gasteiger charge is -2.47. The van der Waals surface area contributed by atoms with Crippen LogP contribution in [0.2, 0.25) is 18.1 Å². The van der Waals surface area contributed by atoms with Gasteiger partial charge in [0, 0.05) is 19.2 Å². The average molecular weight is 466 g/mol. The van der Waals surface area contributed by atoms with E-state index in [-0.39, 0.29) is 16.1 Å². The molecule has 9 heteroatoms. The third-order valence-corrected chi connectivity index (χ3v) is 11.8. The van der Waals surface area contributed by atoms with Crippen LogP contribution in [0, 0.1) is 15.5 Å². The standard InChI is InChI=1S/C23H39N3O5Si/c1-21(2,3)23(12-9-13-25(23)20(27)28)16-24-18-11-10-17(14-19(18)26(29)30)15-31-32(7,8)22(4,5)6/h10-11,14,24H,9,12-13,15-16H2,1-8H3,(H,27,28). The highest BCUT2D eigenvalue weighted by atomic mass is 28.4. The largest absolute Gasteiger partial charge is 0.465 e. The Bertz CT molecular complexity index is 860. The van der Waals surface area contributed by atoms with Gasteiger partial charge in [-0.25, -0.2) is 4.79 Å². The minimum atomic E-state index is -1.97. The first kappa shape index (κ1) is 26.1. The molecule has 0 spiro atoms. The molecule has 0 aromatic heterocycles. The van der Waals surface area contributed by atoms with E-state index in [1.165, 1.54) is 4.90 Å². The van der Waals surface area contributed by atoms with E-state index in [1.807, 2.05) is 26.8 Å². The number of nitrogens with one attached hydrogen (secondary N) is 1. The number of nitrogens with zero attached hydrogens (tertiary/aromatic N) is 2. The van der Waals surface area contributed by atoms with E-state index < -0.39 is 24.9 Å². The van der Waals surface area contributed by atoms with Gasteiger partial charge in [-0.1, -0.05) is 47.6 Å². The van der Waals surface area contributed by atoms with Crippen LogP contribution in [0.4, 0.5) is 16.2 Å². The number of anilines is 1. The highest BCUT2D eigenvalue weighted by molar-refractivity contribution is 6.74. The molecule has 180 valence electrons. The molecule has 1 saturated heterocycles. The Morgan fingerprint density at radius 1 is 1.28 bits per heavy atom.